The van der Waals surface area contributed by atoms with Gasteiger partial charge in [0.2, 0.25) is 0 Å². The van der Waals surface area contributed by atoms with Crippen LogP contribution < -0.4 is 10.5 Å². The van der Waals surface area contributed by atoms with Crippen molar-refractivity contribution in [3.8, 4) is 5.75 Å². The van der Waals surface area contributed by atoms with E-state index in [1.165, 1.54) is 7.11 Å². The van der Waals surface area contributed by atoms with Crippen LogP contribution in [0.2, 0.25) is 5.02 Å². The number of halogens is 1. The lowest BCUT2D eigenvalue weighted by Crippen LogP contribution is -2.32. The van der Waals surface area contributed by atoms with Crippen LogP contribution in [0.25, 0.3) is 0 Å². The number of ether oxygens (including phenoxy) is 1. The summed E-state index contributed by atoms with van der Waals surface area (Å²) in [5.41, 5.74) is 6.19. The summed E-state index contributed by atoms with van der Waals surface area (Å²) in [5, 5.41) is 9.13. The molecular weight excluding hydrogens is 218 g/mol. The molecule has 0 aliphatic carbocycles. The van der Waals surface area contributed by atoms with Crippen molar-refractivity contribution < 1.29 is 14.6 Å². The summed E-state index contributed by atoms with van der Waals surface area (Å²) in [6.07, 6.45) is 0.253. The smallest absolute Gasteiger partial charge is 0.320 e. The Morgan fingerprint density at radius 3 is 2.87 bits per heavy atom. The van der Waals surface area contributed by atoms with Gasteiger partial charge in [-0.05, 0) is 24.1 Å². The highest BCUT2D eigenvalue weighted by Crippen LogP contribution is 2.25. The predicted octanol–water partition coefficient (Wildman–Crippen LogP) is 1.30. The Labute approximate surface area is 92.6 Å². The lowest BCUT2D eigenvalue weighted by molar-refractivity contribution is -0.138. The van der Waals surface area contributed by atoms with Gasteiger partial charge in [0.15, 0.2) is 0 Å². The van der Waals surface area contributed by atoms with E-state index in [1.54, 1.807) is 18.2 Å². The molecule has 0 saturated carbocycles. The van der Waals surface area contributed by atoms with E-state index in [4.69, 9.17) is 27.2 Å². The number of hydrogen-bond donors (Lipinski definition) is 2. The fourth-order valence-electron chi connectivity index (χ4n) is 1.17. The molecule has 0 aromatic heterocycles. The topological polar surface area (TPSA) is 72.5 Å². The lowest BCUT2D eigenvalue weighted by Gasteiger charge is -2.08. The predicted molar refractivity (Wildman–Crippen MR) is 57.3 cm³/mol. The summed E-state index contributed by atoms with van der Waals surface area (Å²) < 4.78 is 5.01. The Kier molecular flexibility index (Phi) is 3.94. The summed E-state index contributed by atoms with van der Waals surface area (Å²) in [5.74, 6) is -0.504. The van der Waals surface area contributed by atoms with Crippen LogP contribution in [0, 0.1) is 0 Å². The maximum Gasteiger partial charge on any atom is 0.320 e. The molecule has 0 amide bonds. The standard InChI is InChI=1S/C10H12ClNO3/c1-15-9-5-6(2-3-7(9)11)4-8(12)10(13)14/h2-3,5,8H,4,12H2,1H3,(H,13,14)/t8-/m0/s1. The quantitative estimate of drug-likeness (QED) is 0.817. The Hall–Kier alpha value is -1.26. The molecule has 3 N–H and O–H groups in total. The molecule has 0 aliphatic rings. The van der Waals surface area contributed by atoms with E-state index in [0.717, 1.165) is 5.56 Å². The minimum absolute atomic E-state index is 0.253. The van der Waals surface area contributed by atoms with Crippen LogP contribution in [0.4, 0.5) is 0 Å². The molecule has 1 atom stereocenters. The van der Waals surface area contributed by atoms with Crippen LogP contribution in [0.1, 0.15) is 5.56 Å². The van der Waals surface area contributed by atoms with E-state index < -0.39 is 12.0 Å². The summed E-state index contributed by atoms with van der Waals surface area (Å²) in [6, 6.07) is 4.17. The van der Waals surface area contributed by atoms with Gasteiger partial charge in [-0.2, -0.15) is 0 Å². The molecular formula is C10H12ClNO3. The number of rotatable bonds is 4. The molecule has 1 aromatic rings. The molecule has 1 rings (SSSR count). The van der Waals surface area contributed by atoms with Crippen molar-refractivity contribution in [1.29, 1.82) is 0 Å². The minimum Gasteiger partial charge on any atom is -0.495 e. The zero-order valence-electron chi connectivity index (χ0n) is 8.24. The van der Waals surface area contributed by atoms with E-state index >= 15 is 0 Å². The van der Waals surface area contributed by atoms with Crippen LogP contribution in [0.3, 0.4) is 0 Å². The number of carboxylic acids is 1. The van der Waals surface area contributed by atoms with Gasteiger partial charge >= 0.3 is 5.97 Å². The van der Waals surface area contributed by atoms with Crippen LogP contribution in [-0.4, -0.2) is 24.2 Å². The van der Waals surface area contributed by atoms with Gasteiger partial charge in [-0.3, -0.25) is 4.79 Å². The molecule has 0 heterocycles. The monoisotopic (exact) mass is 229 g/mol. The van der Waals surface area contributed by atoms with Gasteiger partial charge in [0.1, 0.15) is 11.8 Å². The van der Waals surface area contributed by atoms with Crippen LogP contribution >= 0.6 is 11.6 Å². The van der Waals surface area contributed by atoms with Crippen molar-refractivity contribution in [1.82, 2.24) is 0 Å². The van der Waals surface area contributed by atoms with Crippen molar-refractivity contribution in [2.45, 2.75) is 12.5 Å². The first kappa shape index (κ1) is 11.8. The number of hydrogen-bond acceptors (Lipinski definition) is 3. The third-order valence-corrected chi connectivity index (χ3v) is 2.30. The molecule has 82 valence electrons. The second-order valence-corrected chi connectivity index (χ2v) is 3.52. The number of benzene rings is 1. The summed E-state index contributed by atoms with van der Waals surface area (Å²) >= 11 is 5.82. The average molecular weight is 230 g/mol. The fourth-order valence-corrected chi connectivity index (χ4v) is 1.37. The lowest BCUT2D eigenvalue weighted by atomic mass is 10.1. The number of aliphatic carboxylic acids is 1. The van der Waals surface area contributed by atoms with Crippen molar-refractivity contribution in [2.75, 3.05) is 7.11 Å². The SMILES string of the molecule is COc1cc(C[C@H](N)C(=O)O)ccc1Cl. The molecule has 15 heavy (non-hydrogen) atoms. The highest BCUT2D eigenvalue weighted by atomic mass is 35.5. The first-order valence-corrected chi connectivity index (χ1v) is 4.73. The maximum absolute atomic E-state index is 10.5. The molecule has 0 bridgehead atoms. The van der Waals surface area contributed by atoms with Gasteiger partial charge in [0.25, 0.3) is 0 Å². The molecule has 1 aromatic carbocycles. The number of carboxylic acid groups (broad SMARTS) is 1. The van der Waals surface area contributed by atoms with Gasteiger partial charge in [-0.15, -0.1) is 0 Å². The van der Waals surface area contributed by atoms with E-state index in [1.807, 2.05) is 0 Å². The number of nitrogens with two attached hydrogens (primary N) is 1. The van der Waals surface area contributed by atoms with Crippen LogP contribution in [0.5, 0.6) is 5.75 Å². The van der Waals surface area contributed by atoms with Crippen molar-refractivity contribution in [2.24, 2.45) is 5.73 Å². The first-order valence-electron chi connectivity index (χ1n) is 4.35. The Balaban J connectivity index is 2.83. The van der Waals surface area contributed by atoms with E-state index in [0.29, 0.717) is 10.8 Å². The summed E-state index contributed by atoms with van der Waals surface area (Å²) in [4.78, 5) is 10.5. The Morgan fingerprint density at radius 1 is 1.67 bits per heavy atom. The van der Waals surface area contributed by atoms with Gasteiger partial charge in [-0.1, -0.05) is 17.7 Å². The van der Waals surface area contributed by atoms with Crippen molar-refractivity contribution >= 4 is 17.6 Å². The molecule has 0 saturated heterocycles. The number of carbonyl (C=O) groups is 1. The highest BCUT2D eigenvalue weighted by molar-refractivity contribution is 6.32. The normalized spacial score (nSPS) is 12.2. The van der Waals surface area contributed by atoms with Gasteiger partial charge in [-0.25, -0.2) is 0 Å². The molecule has 0 unspecified atom stereocenters. The highest BCUT2D eigenvalue weighted by Gasteiger charge is 2.13. The van der Waals surface area contributed by atoms with Crippen LogP contribution in [-0.2, 0) is 11.2 Å². The second kappa shape index (κ2) is 5.00. The summed E-state index contributed by atoms with van der Waals surface area (Å²) in [6.45, 7) is 0. The van der Waals surface area contributed by atoms with Crippen molar-refractivity contribution in [3.05, 3.63) is 28.8 Å². The van der Waals surface area contributed by atoms with Gasteiger partial charge in [0.05, 0.1) is 12.1 Å². The summed E-state index contributed by atoms with van der Waals surface area (Å²) in [7, 11) is 1.50. The fraction of sp³-hybridized carbons (Fsp3) is 0.300. The molecule has 0 spiro atoms. The number of methoxy groups -OCH3 is 1. The maximum atomic E-state index is 10.5. The Bertz CT molecular complexity index is 368. The Morgan fingerprint density at radius 2 is 2.33 bits per heavy atom. The first-order chi connectivity index (χ1) is 7.04. The average Bonchev–Trinajstić information content (AvgIpc) is 2.20. The zero-order chi connectivity index (χ0) is 11.4. The van der Waals surface area contributed by atoms with E-state index in [-0.39, 0.29) is 6.42 Å². The van der Waals surface area contributed by atoms with E-state index in [2.05, 4.69) is 0 Å². The van der Waals surface area contributed by atoms with Crippen molar-refractivity contribution in [3.63, 3.8) is 0 Å². The molecule has 5 heteroatoms. The van der Waals surface area contributed by atoms with Crippen LogP contribution in [0.15, 0.2) is 18.2 Å². The third kappa shape index (κ3) is 3.11. The molecule has 4 nitrogen and oxygen atoms in total. The van der Waals surface area contributed by atoms with E-state index in [9.17, 15) is 4.79 Å². The zero-order valence-corrected chi connectivity index (χ0v) is 8.99. The molecule has 0 radical (unpaired) electrons. The van der Waals surface area contributed by atoms with Gasteiger partial charge < -0.3 is 15.6 Å². The minimum atomic E-state index is -1.02. The third-order valence-electron chi connectivity index (χ3n) is 1.99. The molecule has 0 aliphatic heterocycles. The molecule has 0 fully saturated rings. The largest absolute Gasteiger partial charge is 0.495 e. The second-order valence-electron chi connectivity index (χ2n) is 3.12. The van der Waals surface area contributed by atoms with Gasteiger partial charge in [0, 0.05) is 0 Å².